The Morgan fingerprint density at radius 3 is 2.50 bits per heavy atom. The molecule has 0 bridgehead atoms. The molecule has 0 aromatic carbocycles. The van der Waals surface area contributed by atoms with Crippen LogP contribution in [0.25, 0.3) is 0 Å². The van der Waals surface area contributed by atoms with Crippen molar-refractivity contribution in [3.63, 3.8) is 0 Å². The zero-order valence-electron chi connectivity index (χ0n) is 24.7. The van der Waals surface area contributed by atoms with Crippen molar-refractivity contribution >= 4 is 11.9 Å². The molecule has 4 saturated carbocycles. The second-order valence-electron chi connectivity index (χ2n) is 13.6. The minimum Gasteiger partial charge on any atom is -0.463 e. The molecule has 11 atom stereocenters. The van der Waals surface area contributed by atoms with E-state index in [1.54, 1.807) is 13.0 Å². The molecular formula is C33H51NO4. The molecule has 4 aliphatic carbocycles. The summed E-state index contributed by atoms with van der Waals surface area (Å²) in [6, 6.07) is 2.12. The molecule has 0 aromatic heterocycles. The van der Waals surface area contributed by atoms with Crippen molar-refractivity contribution in [3.8, 4) is 6.07 Å². The third kappa shape index (κ3) is 5.18. The highest BCUT2D eigenvalue weighted by Crippen LogP contribution is 2.69. The smallest absolute Gasteiger partial charge is 0.302 e. The molecule has 0 saturated heterocycles. The van der Waals surface area contributed by atoms with Crippen LogP contribution in [0, 0.1) is 63.6 Å². The van der Waals surface area contributed by atoms with Crippen molar-refractivity contribution < 1.29 is 19.1 Å². The Bertz CT molecular complexity index is 938. The molecule has 5 nitrogen and oxygen atoms in total. The Morgan fingerprint density at radius 1 is 1.11 bits per heavy atom. The van der Waals surface area contributed by atoms with Gasteiger partial charge in [-0.1, -0.05) is 33.8 Å². The van der Waals surface area contributed by atoms with E-state index in [4.69, 9.17) is 14.7 Å². The highest BCUT2D eigenvalue weighted by Gasteiger charge is 2.65. The van der Waals surface area contributed by atoms with Gasteiger partial charge in [0.15, 0.2) is 0 Å². The number of carbonyl (C=O) groups is 2. The topological polar surface area (TPSA) is 76.4 Å². The highest BCUT2D eigenvalue weighted by molar-refractivity contribution is 5.66. The van der Waals surface area contributed by atoms with E-state index in [9.17, 15) is 9.59 Å². The maximum atomic E-state index is 12.6. The van der Waals surface area contributed by atoms with Gasteiger partial charge in [-0.05, 0) is 111 Å². The normalized spacial score (nSPS) is 43.2. The van der Waals surface area contributed by atoms with Crippen LogP contribution in [0.4, 0.5) is 0 Å². The van der Waals surface area contributed by atoms with E-state index < -0.39 is 0 Å². The average molecular weight is 526 g/mol. The molecule has 0 N–H and O–H groups in total. The third-order valence-electron chi connectivity index (χ3n) is 12.0. The van der Waals surface area contributed by atoms with Gasteiger partial charge in [0.05, 0.1) is 6.07 Å². The Kier molecular flexibility index (Phi) is 9.00. The van der Waals surface area contributed by atoms with Crippen LogP contribution in [0.15, 0.2) is 12.2 Å². The number of carbonyl (C=O) groups excluding carboxylic acids is 2. The molecule has 0 aromatic rings. The number of hydrogen-bond acceptors (Lipinski definition) is 5. The van der Waals surface area contributed by atoms with Crippen molar-refractivity contribution in [2.75, 3.05) is 0 Å². The maximum absolute atomic E-state index is 12.6. The molecule has 212 valence electrons. The number of fused-ring (bicyclic) bond motifs is 3. The fourth-order valence-electron chi connectivity index (χ4n) is 10.7. The van der Waals surface area contributed by atoms with Crippen molar-refractivity contribution in [1.82, 2.24) is 0 Å². The fourth-order valence-corrected chi connectivity index (χ4v) is 10.7. The first kappa shape index (κ1) is 29.2. The monoisotopic (exact) mass is 525 g/mol. The van der Waals surface area contributed by atoms with E-state index in [2.05, 4.69) is 33.8 Å². The van der Waals surface area contributed by atoms with E-state index in [1.807, 2.05) is 6.08 Å². The number of allylic oxidation sites excluding steroid dienone is 2. The Balaban J connectivity index is 1.65. The zero-order chi connectivity index (χ0) is 27.7. The number of nitriles is 1. The lowest BCUT2D eigenvalue weighted by Crippen LogP contribution is -2.62. The first-order valence-corrected chi connectivity index (χ1v) is 15.5. The minimum absolute atomic E-state index is 0.0204. The summed E-state index contributed by atoms with van der Waals surface area (Å²) in [5.74, 6) is 3.33. The summed E-state index contributed by atoms with van der Waals surface area (Å²) in [5, 5.41) is 8.85. The van der Waals surface area contributed by atoms with Gasteiger partial charge in [-0.2, -0.15) is 5.26 Å². The SMILES string of the molecule is CC[C@H]1[C@@H](OC(C)=O)[C@@H]2[C@H](CCC3(C)C([C@H](C)CC/C=C/C#N)CC[C@@H]23)C(C)C12CCC[C@@H](OC(C)=O)C2. The lowest BCUT2D eigenvalue weighted by molar-refractivity contribution is -0.217. The summed E-state index contributed by atoms with van der Waals surface area (Å²) in [6.45, 7) is 12.8. The van der Waals surface area contributed by atoms with Crippen LogP contribution >= 0.6 is 0 Å². The second-order valence-corrected chi connectivity index (χ2v) is 13.6. The lowest BCUT2D eigenvalue weighted by Gasteiger charge is -2.64. The standard InChI is InChI=1S/C33H51NO4/c1-7-27-31(38-24(5)36)30-26(22(3)33(27)17-11-13-25(20-33)37-23(4)35)16-18-32(6)28(14-15-29(30)32)21(2)12-9-8-10-19-34/h8,10,21-22,25-31H,7,9,11-18,20H2,1-6H3/b10-8+/t21-,22?,25-,26-,27+,28?,29+,30-,31-,32?,33?/m1/s1. The summed E-state index contributed by atoms with van der Waals surface area (Å²) < 4.78 is 12.2. The van der Waals surface area contributed by atoms with E-state index >= 15 is 0 Å². The van der Waals surface area contributed by atoms with Crippen LogP contribution < -0.4 is 0 Å². The van der Waals surface area contributed by atoms with E-state index in [0.29, 0.717) is 41.4 Å². The quantitative estimate of drug-likeness (QED) is 0.252. The van der Waals surface area contributed by atoms with Crippen LogP contribution in [0.5, 0.6) is 0 Å². The van der Waals surface area contributed by atoms with Gasteiger partial charge in [-0.25, -0.2) is 0 Å². The largest absolute Gasteiger partial charge is 0.463 e. The molecule has 0 heterocycles. The molecule has 0 aliphatic heterocycles. The number of hydrogen-bond donors (Lipinski definition) is 0. The number of esters is 2. The molecule has 4 unspecified atom stereocenters. The Hall–Kier alpha value is -1.83. The van der Waals surface area contributed by atoms with Gasteiger partial charge in [-0.15, -0.1) is 0 Å². The molecule has 5 heteroatoms. The first-order chi connectivity index (χ1) is 18.1. The third-order valence-corrected chi connectivity index (χ3v) is 12.0. The molecule has 4 rings (SSSR count). The molecule has 4 aliphatic rings. The van der Waals surface area contributed by atoms with Crippen LogP contribution in [-0.4, -0.2) is 24.1 Å². The van der Waals surface area contributed by atoms with Crippen LogP contribution in [0.1, 0.15) is 112 Å². The molecule has 38 heavy (non-hydrogen) atoms. The van der Waals surface area contributed by atoms with Crippen molar-refractivity contribution in [1.29, 1.82) is 5.26 Å². The summed E-state index contributed by atoms with van der Waals surface area (Å²) in [7, 11) is 0. The molecule has 0 amide bonds. The van der Waals surface area contributed by atoms with E-state index in [1.165, 1.54) is 32.6 Å². The van der Waals surface area contributed by atoms with E-state index in [0.717, 1.165) is 44.9 Å². The number of ether oxygens (including phenoxy) is 2. The maximum Gasteiger partial charge on any atom is 0.302 e. The van der Waals surface area contributed by atoms with Crippen LogP contribution in [0.2, 0.25) is 0 Å². The first-order valence-electron chi connectivity index (χ1n) is 15.5. The number of nitrogens with zero attached hydrogens (tertiary/aromatic N) is 1. The lowest BCUT2D eigenvalue weighted by atomic mass is 9.42. The Labute approximate surface area is 231 Å². The average Bonchev–Trinajstić information content (AvgIpc) is 3.21. The molecule has 4 fully saturated rings. The predicted octanol–water partition coefficient (Wildman–Crippen LogP) is 7.64. The van der Waals surface area contributed by atoms with Crippen LogP contribution in [0.3, 0.4) is 0 Å². The molecule has 0 radical (unpaired) electrons. The van der Waals surface area contributed by atoms with Gasteiger partial charge < -0.3 is 9.47 Å². The zero-order valence-corrected chi connectivity index (χ0v) is 24.7. The summed E-state index contributed by atoms with van der Waals surface area (Å²) in [4.78, 5) is 24.5. The Morgan fingerprint density at radius 2 is 1.84 bits per heavy atom. The van der Waals surface area contributed by atoms with Gasteiger partial charge in [0.25, 0.3) is 0 Å². The van der Waals surface area contributed by atoms with Crippen molar-refractivity contribution in [2.45, 2.75) is 124 Å². The number of rotatable bonds is 7. The van der Waals surface area contributed by atoms with Gasteiger partial charge >= 0.3 is 11.9 Å². The minimum atomic E-state index is -0.180. The van der Waals surface area contributed by atoms with Gasteiger partial charge in [0.1, 0.15) is 12.2 Å². The van der Waals surface area contributed by atoms with Crippen LogP contribution in [-0.2, 0) is 19.1 Å². The molecule has 1 spiro atoms. The van der Waals surface area contributed by atoms with Gasteiger partial charge in [0, 0.05) is 31.8 Å². The molecular weight excluding hydrogens is 474 g/mol. The highest BCUT2D eigenvalue weighted by atomic mass is 16.5. The fraction of sp³-hybridized carbons (Fsp3) is 0.848. The summed E-state index contributed by atoms with van der Waals surface area (Å²) in [5.41, 5.74) is 0.327. The summed E-state index contributed by atoms with van der Waals surface area (Å²) in [6.07, 6.45) is 15.6. The van der Waals surface area contributed by atoms with E-state index in [-0.39, 0.29) is 35.0 Å². The van der Waals surface area contributed by atoms with Gasteiger partial charge in [-0.3, -0.25) is 9.59 Å². The predicted molar refractivity (Wildman–Crippen MR) is 149 cm³/mol. The second kappa shape index (κ2) is 11.7. The van der Waals surface area contributed by atoms with Gasteiger partial charge in [0.2, 0.25) is 0 Å². The summed E-state index contributed by atoms with van der Waals surface area (Å²) >= 11 is 0. The van der Waals surface area contributed by atoms with Crippen molar-refractivity contribution in [3.05, 3.63) is 12.2 Å². The van der Waals surface area contributed by atoms with Crippen molar-refractivity contribution in [2.24, 2.45) is 52.3 Å².